The lowest BCUT2D eigenvalue weighted by Gasteiger charge is -2.21. The van der Waals surface area contributed by atoms with E-state index >= 15 is 0 Å². The van der Waals surface area contributed by atoms with Gasteiger partial charge in [-0.05, 0) is 23.1 Å². The zero-order valence-corrected chi connectivity index (χ0v) is 12.1. The quantitative estimate of drug-likeness (QED) is 0.854. The lowest BCUT2D eigenvalue weighted by Crippen LogP contribution is -2.24. The van der Waals surface area contributed by atoms with Crippen LogP contribution in [0.15, 0.2) is 18.2 Å². The Kier molecular flexibility index (Phi) is 5.03. The van der Waals surface area contributed by atoms with Crippen molar-refractivity contribution < 1.29 is 9.53 Å². The Morgan fingerprint density at radius 3 is 2.56 bits per heavy atom. The highest BCUT2D eigenvalue weighted by Gasteiger charge is 2.16. The molecular weight excluding hydrogens is 250 g/mol. The third-order valence-electron chi connectivity index (χ3n) is 2.74. The van der Waals surface area contributed by atoms with Crippen LogP contribution in [0.4, 0.5) is 0 Å². The molecular formula is C14H20ClNO2. The van der Waals surface area contributed by atoms with Crippen LogP contribution in [0.2, 0.25) is 0 Å². The van der Waals surface area contributed by atoms with E-state index in [2.05, 4.69) is 32.2 Å². The van der Waals surface area contributed by atoms with Gasteiger partial charge in [-0.1, -0.05) is 26.8 Å². The second kappa shape index (κ2) is 6.10. The van der Waals surface area contributed by atoms with Crippen LogP contribution >= 0.6 is 11.6 Å². The van der Waals surface area contributed by atoms with Crippen LogP contribution in [0.1, 0.15) is 31.9 Å². The number of rotatable bonds is 4. The topological polar surface area (TPSA) is 38.3 Å². The fourth-order valence-electron chi connectivity index (χ4n) is 1.62. The molecule has 0 unspecified atom stereocenters. The molecule has 0 heterocycles. The van der Waals surface area contributed by atoms with Gasteiger partial charge in [0, 0.05) is 12.1 Å². The number of benzene rings is 1. The lowest BCUT2D eigenvalue weighted by atomic mass is 9.86. The Bertz CT molecular complexity index is 424. The predicted octanol–water partition coefficient (Wildman–Crippen LogP) is 2.85. The number of hydrogen-bond donors (Lipinski definition) is 1. The fourth-order valence-corrected chi connectivity index (χ4v) is 1.72. The number of hydrogen-bond acceptors (Lipinski definition) is 2. The van der Waals surface area contributed by atoms with Crippen LogP contribution in [0.25, 0.3) is 0 Å². The highest BCUT2D eigenvalue weighted by molar-refractivity contribution is 6.27. The molecule has 0 saturated carbocycles. The van der Waals surface area contributed by atoms with Gasteiger partial charge in [-0.25, -0.2) is 0 Å². The minimum atomic E-state index is -0.181. The van der Waals surface area contributed by atoms with E-state index in [9.17, 15) is 4.79 Å². The summed E-state index contributed by atoms with van der Waals surface area (Å²) >= 11 is 5.45. The van der Waals surface area contributed by atoms with Gasteiger partial charge in [0.05, 0.1) is 7.11 Å². The molecule has 0 radical (unpaired) electrons. The number of carbonyl (C=O) groups is 1. The molecule has 18 heavy (non-hydrogen) atoms. The summed E-state index contributed by atoms with van der Waals surface area (Å²) in [5, 5.41) is 2.75. The second-order valence-electron chi connectivity index (χ2n) is 5.19. The Hall–Kier alpha value is -1.22. The maximum atomic E-state index is 11.2. The summed E-state index contributed by atoms with van der Waals surface area (Å²) in [5.74, 6) is 0.569. The largest absolute Gasteiger partial charge is 0.496 e. The number of methoxy groups -OCH3 is 1. The van der Waals surface area contributed by atoms with Gasteiger partial charge in [0.15, 0.2) is 0 Å². The molecule has 1 aromatic rings. The molecule has 0 bridgehead atoms. The summed E-state index contributed by atoms with van der Waals surface area (Å²) in [5.41, 5.74) is 2.24. The van der Waals surface area contributed by atoms with Crippen molar-refractivity contribution in [3.63, 3.8) is 0 Å². The Morgan fingerprint density at radius 1 is 1.39 bits per heavy atom. The van der Waals surface area contributed by atoms with Crippen molar-refractivity contribution in [1.82, 2.24) is 5.32 Å². The summed E-state index contributed by atoms with van der Waals surface area (Å²) in [6.07, 6.45) is 0. The zero-order valence-electron chi connectivity index (χ0n) is 11.3. The molecule has 4 heteroatoms. The van der Waals surface area contributed by atoms with Crippen molar-refractivity contribution in [2.45, 2.75) is 32.7 Å². The Labute approximate surface area is 113 Å². The molecule has 1 N–H and O–H groups in total. The van der Waals surface area contributed by atoms with E-state index in [-0.39, 0.29) is 17.2 Å². The van der Waals surface area contributed by atoms with Gasteiger partial charge < -0.3 is 10.1 Å². The van der Waals surface area contributed by atoms with E-state index < -0.39 is 0 Å². The van der Waals surface area contributed by atoms with E-state index in [1.165, 1.54) is 5.56 Å². The normalized spacial score (nSPS) is 11.2. The first kappa shape index (κ1) is 14.8. The fraction of sp³-hybridized carbons (Fsp3) is 0.500. The van der Waals surface area contributed by atoms with Gasteiger partial charge in [-0.15, -0.1) is 11.6 Å². The Morgan fingerprint density at radius 2 is 2.06 bits per heavy atom. The van der Waals surface area contributed by atoms with Crippen LogP contribution < -0.4 is 10.1 Å². The molecule has 1 rings (SSSR count). The molecule has 0 saturated heterocycles. The molecule has 1 amide bonds. The van der Waals surface area contributed by atoms with Crippen molar-refractivity contribution in [3.05, 3.63) is 29.3 Å². The highest BCUT2D eigenvalue weighted by atomic mass is 35.5. The van der Waals surface area contributed by atoms with Crippen LogP contribution in [0.3, 0.4) is 0 Å². The number of amides is 1. The minimum Gasteiger partial charge on any atom is -0.496 e. The predicted molar refractivity (Wildman–Crippen MR) is 74.3 cm³/mol. The van der Waals surface area contributed by atoms with Gasteiger partial charge in [0.1, 0.15) is 11.6 Å². The average molecular weight is 270 g/mol. The van der Waals surface area contributed by atoms with E-state index in [1.54, 1.807) is 7.11 Å². The molecule has 3 nitrogen and oxygen atoms in total. The standard InChI is InChI=1S/C14H20ClNO2/c1-14(2,3)11-5-6-12(18-4)10(7-11)9-16-13(17)8-15/h5-7H,8-9H2,1-4H3,(H,16,17). The van der Waals surface area contributed by atoms with Gasteiger partial charge in [0.25, 0.3) is 0 Å². The van der Waals surface area contributed by atoms with E-state index in [4.69, 9.17) is 16.3 Å². The second-order valence-corrected chi connectivity index (χ2v) is 5.45. The molecule has 0 aromatic heterocycles. The van der Waals surface area contributed by atoms with Crippen molar-refractivity contribution >= 4 is 17.5 Å². The van der Waals surface area contributed by atoms with Crippen molar-refractivity contribution in [2.75, 3.05) is 13.0 Å². The van der Waals surface area contributed by atoms with E-state index in [0.29, 0.717) is 6.54 Å². The maximum Gasteiger partial charge on any atom is 0.235 e. The number of nitrogens with one attached hydrogen (secondary N) is 1. The van der Waals surface area contributed by atoms with Crippen molar-refractivity contribution in [1.29, 1.82) is 0 Å². The molecule has 0 fully saturated rings. The molecule has 1 aromatic carbocycles. The maximum absolute atomic E-state index is 11.2. The van der Waals surface area contributed by atoms with Gasteiger partial charge in [0.2, 0.25) is 5.91 Å². The van der Waals surface area contributed by atoms with Crippen LogP contribution in [0.5, 0.6) is 5.75 Å². The molecule has 0 atom stereocenters. The summed E-state index contributed by atoms with van der Waals surface area (Å²) in [4.78, 5) is 11.2. The number of alkyl halides is 1. The molecule has 100 valence electrons. The molecule has 0 aliphatic heterocycles. The van der Waals surface area contributed by atoms with Gasteiger partial charge in [-0.2, -0.15) is 0 Å². The van der Waals surface area contributed by atoms with Crippen LogP contribution in [0, 0.1) is 0 Å². The smallest absolute Gasteiger partial charge is 0.235 e. The number of halogens is 1. The monoisotopic (exact) mass is 269 g/mol. The number of ether oxygens (including phenoxy) is 1. The first-order valence-corrected chi connectivity index (χ1v) is 6.42. The van der Waals surface area contributed by atoms with E-state index in [0.717, 1.165) is 11.3 Å². The first-order valence-electron chi connectivity index (χ1n) is 5.88. The van der Waals surface area contributed by atoms with Crippen LogP contribution in [-0.4, -0.2) is 18.9 Å². The van der Waals surface area contributed by atoms with Crippen LogP contribution in [-0.2, 0) is 16.8 Å². The third kappa shape index (κ3) is 3.91. The van der Waals surface area contributed by atoms with Gasteiger partial charge in [-0.3, -0.25) is 4.79 Å². The van der Waals surface area contributed by atoms with Crippen molar-refractivity contribution in [2.24, 2.45) is 0 Å². The van der Waals surface area contributed by atoms with Gasteiger partial charge >= 0.3 is 0 Å². The molecule has 0 aliphatic rings. The lowest BCUT2D eigenvalue weighted by molar-refractivity contribution is -0.118. The molecule has 0 aliphatic carbocycles. The summed E-state index contributed by atoms with van der Waals surface area (Å²) in [7, 11) is 1.62. The summed E-state index contributed by atoms with van der Waals surface area (Å²) in [6, 6.07) is 6.04. The Balaban J connectivity index is 2.96. The summed E-state index contributed by atoms with van der Waals surface area (Å²) < 4.78 is 5.29. The van der Waals surface area contributed by atoms with E-state index in [1.807, 2.05) is 12.1 Å². The summed E-state index contributed by atoms with van der Waals surface area (Å²) in [6.45, 7) is 6.88. The third-order valence-corrected chi connectivity index (χ3v) is 2.99. The van der Waals surface area contributed by atoms with Crippen molar-refractivity contribution in [3.8, 4) is 5.75 Å². The molecule has 0 spiro atoms. The minimum absolute atomic E-state index is 0.0265. The average Bonchev–Trinajstić information content (AvgIpc) is 2.34. The SMILES string of the molecule is COc1ccc(C(C)(C)C)cc1CNC(=O)CCl. The highest BCUT2D eigenvalue weighted by Crippen LogP contribution is 2.27. The zero-order chi connectivity index (χ0) is 13.8. The first-order chi connectivity index (χ1) is 8.38. The number of carbonyl (C=O) groups excluding carboxylic acids is 1.